The standard InChI is InChI=1S/C22H28F2N4O3S.C3H8.C2H6.C2H2/c1-4-15(11-18(25)21-16(23)7-5-8-17(21)24)22(26)14(3)19-9-6-10-20(28-19)32(30,31)27-12-13(2)29;1-3-2;2*1-2/h5-11,13-14,27,29H,4,12,25-26H2,1-3H3;3H2,1-2H3;1-2H3;1-2H/b18-11-,22-15-;;;/t13-,14?;;;/m0.../s1. The molecular weight excluding hydrogens is 522 g/mol. The van der Waals surface area contributed by atoms with Crippen LogP contribution in [0, 0.1) is 24.5 Å². The van der Waals surface area contributed by atoms with Gasteiger partial charge in [0.05, 0.1) is 17.4 Å². The molecule has 0 fully saturated rings. The van der Waals surface area contributed by atoms with Crippen LogP contribution in [0.3, 0.4) is 0 Å². The molecule has 1 heterocycles. The van der Waals surface area contributed by atoms with E-state index in [2.05, 4.69) is 36.4 Å². The van der Waals surface area contributed by atoms with E-state index in [1.807, 2.05) is 20.8 Å². The van der Waals surface area contributed by atoms with Crippen LogP contribution < -0.4 is 16.2 Å². The Kier molecular flexibility index (Phi) is 19.2. The number of nitrogens with one attached hydrogen (secondary N) is 1. The fourth-order valence-corrected chi connectivity index (χ4v) is 4.08. The Balaban J connectivity index is 0. The van der Waals surface area contributed by atoms with Crippen molar-refractivity contribution >= 4 is 15.7 Å². The third kappa shape index (κ3) is 12.4. The van der Waals surface area contributed by atoms with E-state index in [0.29, 0.717) is 23.4 Å². The molecule has 6 N–H and O–H groups in total. The molecule has 0 spiro atoms. The van der Waals surface area contributed by atoms with Crippen molar-refractivity contribution < 1.29 is 22.3 Å². The van der Waals surface area contributed by atoms with Gasteiger partial charge in [-0.3, -0.25) is 0 Å². The fourth-order valence-electron chi connectivity index (χ4n) is 2.99. The van der Waals surface area contributed by atoms with Crippen molar-refractivity contribution in [1.29, 1.82) is 0 Å². The molecule has 218 valence electrons. The Hall–Kier alpha value is -3.26. The number of aliphatic hydroxyl groups is 1. The summed E-state index contributed by atoms with van der Waals surface area (Å²) in [6.07, 6.45) is 10.2. The molecule has 0 aliphatic rings. The van der Waals surface area contributed by atoms with E-state index in [1.54, 1.807) is 13.0 Å². The number of rotatable bonds is 9. The lowest BCUT2D eigenvalue weighted by molar-refractivity contribution is 0.198. The van der Waals surface area contributed by atoms with E-state index < -0.39 is 33.7 Å². The van der Waals surface area contributed by atoms with Gasteiger partial charge in [-0.2, -0.15) is 0 Å². The van der Waals surface area contributed by atoms with Crippen LogP contribution >= 0.6 is 0 Å². The van der Waals surface area contributed by atoms with Gasteiger partial charge in [-0.05, 0) is 49.3 Å². The van der Waals surface area contributed by atoms with Crippen molar-refractivity contribution in [1.82, 2.24) is 9.71 Å². The zero-order chi connectivity index (χ0) is 30.8. The number of pyridine rings is 1. The normalized spacial score (nSPS) is 13.2. The number of hydrogen-bond donors (Lipinski definition) is 4. The van der Waals surface area contributed by atoms with Gasteiger partial charge in [-0.1, -0.05) is 60.1 Å². The second-order valence-corrected chi connectivity index (χ2v) is 9.77. The summed E-state index contributed by atoms with van der Waals surface area (Å²) in [6.45, 7) is 13.1. The van der Waals surface area contributed by atoms with Crippen LogP contribution in [-0.4, -0.2) is 31.2 Å². The van der Waals surface area contributed by atoms with Gasteiger partial charge in [0.2, 0.25) is 0 Å². The summed E-state index contributed by atoms with van der Waals surface area (Å²) in [4.78, 5) is 4.21. The van der Waals surface area contributed by atoms with Crippen molar-refractivity contribution in [2.24, 2.45) is 11.5 Å². The summed E-state index contributed by atoms with van der Waals surface area (Å²) in [7, 11) is -3.92. The van der Waals surface area contributed by atoms with Gasteiger partial charge in [-0.15, -0.1) is 12.8 Å². The first-order valence-electron chi connectivity index (χ1n) is 12.8. The number of halogens is 2. The molecular formula is C29H44F2N4O3S. The van der Waals surface area contributed by atoms with Crippen LogP contribution in [0.2, 0.25) is 0 Å². The highest BCUT2D eigenvalue weighted by Crippen LogP contribution is 2.26. The number of nitrogens with zero attached hydrogens (tertiary/aromatic N) is 1. The first kappa shape index (κ1) is 37.9. The van der Waals surface area contributed by atoms with E-state index >= 15 is 0 Å². The fraction of sp³-hybridized carbons (Fsp3) is 0.414. The number of hydrogen-bond acceptors (Lipinski definition) is 6. The minimum atomic E-state index is -3.92. The zero-order valence-corrected chi connectivity index (χ0v) is 24.8. The monoisotopic (exact) mass is 566 g/mol. The lowest BCUT2D eigenvalue weighted by atomic mass is 9.96. The number of terminal acetylenes is 1. The van der Waals surface area contributed by atoms with Gasteiger partial charge in [0, 0.05) is 23.9 Å². The van der Waals surface area contributed by atoms with E-state index in [1.165, 1.54) is 37.6 Å². The second kappa shape index (κ2) is 19.8. The number of sulfonamides is 1. The van der Waals surface area contributed by atoms with Gasteiger partial charge < -0.3 is 16.6 Å². The Morgan fingerprint density at radius 3 is 2.00 bits per heavy atom. The number of allylic oxidation sites excluding steroid dienone is 3. The second-order valence-electron chi connectivity index (χ2n) is 8.06. The van der Waals surface area contributed by atoms with Crippen molar-refractivity contribution in [3.8, 4) is 12.8 Å². The average Bonchev–Trinajstić information content (AvgIpc) is 2.92. The maximum absolute atomic E-state index is 14.1. The van der Waals surface area contributed by atoms with Crippen LogP contribution in [0.5, 0.6) is 0 Å². The summed E-state index contributed by atoms with van der Waals surface area (Å²) in [6, 6.07) is 7.97. The van der Waals surface area contributed by atoms with Crippen molar-refractivity contribution in [3.63, 3.8) is 0 Å². The topological polar surface area (TPSA) is 131 Å². The molecule has 39 heavy (non-hydrogen) atoms. The molecule has 1 aromatic carbocycles. The Bertz CT molecular complexity index is 1170. The number of nitrogens with two attached hydrogens (primary N) is 2. The number of aromatic nitrogens is 1. The predicted octanol–water partition coefficient (Wildman–Crippen LogP) is 5.44. The van der Waals surface area contributed by atoms with Crippen LogP contribution in [0.25, 0.3) is 5.70 Å². The first-order chi connectivity index (χ1) is 18.4. The van der Waals surface area contributed by atoms with E-state index in [0.717, 1.165) is 12.1 Å². The van der Waals surface area contributed by atoms with Gasteiger partial charge >= 0.3 is 0 Å². The molecule has 1 unspecified atom stereocenters. The minimum absolute atomic E-state index is 0.112. The highest BCUT2D eigenvalue weighted by Gasteiger charge is 2.20. The zero-order valence-electron chi connectivity index (χ0n) is 24.0. The number of aliphatic hydroxyl groups excluding tert-OH is 1. The smallest absolute Gasteiger partial charge is 0.258 e. The van der Waals surface area contributed by atoms with Crippen LogP contribution in [0.15, 0.2) is 58.8 Å². The predicted molar refractivity (Wildman–Crippen MR) is 157 cm³/mol. The summed E-state index contributed by atoms with van der Waals surface area (Å²) in [5.41, 5.74) is 13.1. The third-order valence-corrected chi connectivity index (χ3v) is 6.16. The minimum Gasteiger partial charge on any atom is -0.401 e. The largest absolute Gasteiger partial charge is 0.401 e. The highest BCUT2D eigenvalue weighted by molar-refractivity contribution is 7.89. The van der Waals surface area contributed by atoms with Gasteiger partial charge in [-0.25, -0.2) is 26.9 Å². The molecule has 2 aromatic rings. The molecule has 7 nitrogen and oxygen atoms in total. The molecule has 0 saturated carbocycles. The maximum Gasteiger partial charge on any atom is 0.258 e. The Morgan fingerprint density at radius 2 is 1.54 bits per heavy atom. The third-order valence-electron chi connectivity index (χ3n) is 4.83. The molecule has 1 aromatic heterocycles. The molecule has 0 radical (unpaired) electrons. The molecule has 2 rings (SSSR count). The summed E-state index contributed by atoms with van der Waals surface area (Å²) >= 11 is 0. The van der Waals surface area contributed by atoms with Crippen LogP contribution in [0.4, 0.5) is 8.78 Å². The first-order valence-corrected chi connectivity index (χ1v) is 14.3. The average molecular weight is 567 g/mol. The van der Waals surface area contributed by atoms with Gasteiger partial charge in [0.1, 0.15) is 11.6 Å². The van der Waals surface area contributed by atoms with Gasteiger partial charge in [0.25, 0.3) is 10.0 Å². The Morgan fingerprint density at radius 1 is 1.05 bits per heavy atom. The lowest BCUT2D eigenvalue weighted by Crippen LogP contribution is -2.31. The summed E-state index contributed by atoms with van der Waals surface area (Å²) in [5.74, 6) is -2.08. The molecule has 2 atom stereocenters. The molecule has 0 saturated heterocycles. The Labute approximate surface area is 233 Å². The molecule has 0 amide bonds. The molecule has 0 aliphatic carbocycles. The van der Waals surface area contributed by atoms with E-state index in [-0.39, 0.29) is 22.8 Å². The van der Waals surface area contributed by atoms with E-state index in [9.17, 15) is 22.3 Å². The molecule has 0 aliphatic heterocycles. The summed E-state index contributed by atoms with van der Waals surface area (Å²) < 4.78 is 55.2. The van der Waals surface area contributed by atoms with Gasteiger partial charge in [0.15, 0.2) is 5.03 Å². The lowest BCUT2D eigenvalue weighted by Gasteiger charge is -2.17. The number of benzene rings is 1. The highest BCUT2D eigenvalue weighted by atomic mass is 32.2. The quantitative estimate of drug-likeness (QED) is 0.236. The maximum atomic E-state index is 14.1. The van der Waals surface area contributed by atoms with Crippen molar-refractivity contribution in [2.45, 2.75) is 78.4 Å². The van der Waals surface area contributed by atoms with Crippen LogP contribution in [0.1, 0.15) is 78.5 Å². The molecule has 0 bridgehead atoms. The SMILES string of the molecule is C#C.CC.CCC.CCC(/C=C(\N)c1c(F)cccc1F)=C(/N)C(C)c1cccc(S(=O)(=O)NC[C@H](C)O)n1. The summed E-state index contributed by atoms with van der Waals surface area (Å²) in [5, 5.41) is 9.11. The van der Waals surface area contributed by atoms with E-state index in [4.69, 9.17) is 11.5 Å². The molecule has 10 heteroatoms. The van der Waals surface area contributed by atoms with Crippen molar-refractivity contribution in [2.75, 3.05) is 6.54 Å². The van der Waals surface area contributed by atoms with Crippen LogP contribution in [-0.2, 0) is 10.0 Å². The van der Waals surface area contributed by atoms with Crippen molar-refractivity contribution in [3.05, 3.63) is 76.6 Å².